The molecule has 33 heavy (non-hydrogen) atoms. The summed E-state index contributed by atoms with van der Waals surface area (Å²) >= 11 is 0. The van der Waals surface area contributed by atoms with E-state index in [0.29, 0.717) is 24.1 Å². The Bertz CT molecular complexity index is 817. The molecule has 0 spiro atoms. The van der Waals surface area contributed by atoms with Crippen LogP contribution in [0.2, 0.25) is 0 Å². The standard InChI is InChI=1S/C25H41N3O5/c1-9-10-14-26-22(30)20(18-13-11-12-17(4)21(18)29)28(8)23(31)19(15-16(2)3)27-24(32)33-25(5,6)7/h11-13,16,19-20,29H,9-10,14-15H2,1-8H3,(H,26,30)(H,27,32). The maximum Gasteiger partial charge on any atom is 0.408 e. The van der Waals surface area contributed by atoms with Crippen molar-refractivity contribution in [1.82, 2.24) is 15.5 Å². The van der Waals surface area contributed by atoms with Gasteiger partial charge in [0.15, 0.2) is 0 Å². The van der Waals surface area contributed by atoms with E-state index in [-0.39, 0.29) is 17.6 Å². The highest BCUT2D eigenvalue weighted by Crippen LogP contribution is 2.31. The van der Waals surface area contributed by atoms with E-state index in [2.05, 4.69) is 10.6 Å². The van der Waals surface area contributed by atoms with Crippen LogP contribution in [0.15, 0.2) is 18.2 Å². The summed E-state index contributed by atoms with van der Waals surface area (Å²) in [6.07, 6.45) is 1.38. The summed E-state index contributed by atoms with van der Waals surface area (Å²) in [5.74, 6) is -0.758. The van der Waals surface area contributed by atoms with Crippen LogP contribution in [0, 0.1) is 12.8 Å². The number of benzene rings is 1. The van der Waals surface area contributed by atoms with Gasteiger partial charge in [-0.3, -0.25) is 9.59 Å². The minimum absolute atomic E-state index is 0.0340. The number of phenolic OH excluding ortho intramolecular Hbond substituents is 1. The molecule has 0 fully saturated rings. The van der Waals surface area contributed by atoms with E-state index in [0.717, 1.165) is 12.8 Å². The fourth-order valence-electron chi connectivity index (χ4n) is 3.43. The molecule has 3 N–H and O–H groups in total. The van der Waals surface area contributed by atoms with Crippen molar-refractivity contribution in [3.05, 3.63) is 29.3 Å². The van der Waals surface area contributed by atoms with Crippen LogP contribution < -0.4 is 10.6 Å². The van der Waals surface area contributed by atoms with Gasteiger partial charge in [0, 0.05) is 19.2 Å². The van der Waals surface area contributed by atoms with E-state index in [4.69, 9.17) is 4.74 Å². The number of alkyl carbamates (subject to hydrolysis) is 1. The first-order valence-electron chi connectivity index (χ1n) is 11.6. The Labute approximate surface area is 198 Å². The number of aromatic hydroxyl groups is 1. The number of aryl methyl sites for hydroxylation is 1. The number of carbonyl (C=O) groups excluding carboxylic acids is 3. The summed E-state index contributed by atoms with van der Waals surface area (Å²) < 4.78 is 5.33. The van der Waals surface area contributed by atoms with Gasteiger partial charge in [0.25, 0.3) is 0 Å². The smallest absolute Gasteiger partial charge is 0.408 e. The summed E-state index contributed by atoms with van der Waals surface area (Å²) in [4.78, 5) is 40.4. The number of para-hydroxylation sites is 1. The second-order valence-electron chi connectivity index (χ2n) is 9.84. The van der Waals surface area contributed by atoms with Gasteiger partial charge in [-0.05, 0) is 52.0 Å². The third kappa shape index (κ3) is 8.94. The number of amides is 3. The van der Waals surface area contributed by atoms with Gasteiger partial charge in [-0.25, -0.2) is 4.79 Å². The van der Waals surface area contributed by atoms with Gasteiger partial charge in [0.05, 0.1) is 0 Å². The van der Waals surface area contributed by atoms with E-state index in [1.807, 2.05) is 20.8 Å². The molecule has 0 radical (unpaired) electrons. The zero-order valence-electron chi connectivity index (χ0n) is 21.3. The fourth-order valence-corrected chi connectivity index (χ4v) is 3.43. The number of hydrogen-bond donors (Lipinski definition) is 3. The Hall–Kier alpha value is -2.77. The van der Waals surface area contributed by atoms with Crippen LogP contribution in [0.3, 0.4) is 0 Å². The molecular weight excluding hydrogens is 422 g/mol. The van der Waals surface area contributed by atoms with Gasteiger partial charge in [-0.15, -0.1) is 0 Å². The van der Waals surface area contributed by atoms with E-state index < -0.39 is 29.7 Å². The second-order valence-corrected chi connectivity index (χ2v) is 9.84. The number of unbranched alkanes of at least 4 members (excludes halogenated alkanes) is 1. The molecule has 0 saturated carbocycles. The van der Waals surface area contributed by atoms with Crippen molar-refractivity contribution < 1.29 is 24.2 Å². The lowest BCUT2D eigenvalue weighted by Gasteiger charge is -2.32. The number of carbonyl (C=O) groups is 3. The quantitative estimate of drug-likeness (QED) is 0.454. The van der Waals surface area contributed by atoms with Crippen molar-refractivity contribution in [1.29, 1.82) is 0 Å². The van der Waals surface area contributed by atoms with E-state index in [1.165, 1.54) is 11.9 Å². The van der Waals surface area contributed by atoms with Crippen LogP contribution in [0.25, 0.3) is 0 Å². The van der Waals surface area contributed by atoms with Crippen LogP contribution in [0.4, 0.5) is 4.79 Å². The third-order valence-corrected chi connectivity index (χ3v) is 5.07. The number of hydrogen-bond acceptors (Lipinski definition) is 5. The lowest BCUT2D eigenvalue weighted by molar-refractivity contribution is -0.141. The zero-order valence-corrected chi connectivity index (χ0v) is 21.3. The SMILES string of the molecule is CCCCNC(=O)C(c1cccc(C)c1O)N(C)C(=O)C(CC(C)C)NC(=O)OC(C)(C)C. The van der Waals surface area contributed by atoms with Crippen molar-refractivity contribution in [3.8, 4) is 5.75 Å². The van der Waals surface area contributed by atoms with Gasteiger partial charge < -0.3 is 25.4 Å². The highest BCUT2D eigenvalue weighted by molar-refractivity contribution is 5.92. The van der Waals surface area contributed by atoms with E-state index in [1.54, 1.807) is 45.9 Å². The molecule has 2 unspecified atom stereocenters. The number of phenols is 1. The number of nitrogens with one attached hydrogen (secondary N) is 2. The highest BCUT2D eigenvalue weighted by Gasteiger charge is 2.35. The van der Waals surface area contributed by atoms with Crippen molar-refractivity contribution in [2.24, 2.45) is 5.92 Å². The molecule has 0 saturated heterocycles. The summed E-state index contributed by atoms with van der Waals surface area (Å²) in [6, 6.07) is 3.17. The molecule has 8 nitrogen and oxygen atoms in total. The zero-order chi connectivity index (χ0) is 25.3. The number of likely N-dealkylation sites (N-methyl/N-ethyl adjacent to an activating group) is 1. The minimum Gasteiger partial charge on any atom is -0.507 e. The molecule has 0 aliphatic rings. The Morgan fingerprint density at radius 1 is 1.18 bits per heavy atom. The average Bonchev–Trinajstić information content (AvgIpc) is 2.68. The first kappa shape index (κ1) is 28.3. The van der Waals surface area contributed by atoms with Crippen LogP contribution in [0.5, 0.6) is 5.75 Å². The molecule has 0 aliphatic heterocycles. The first-order chi connectivity index (χ1) is 15.3. The highest BCUT2D eigenvalue weighted by atomic mass is 16.6. The lowest BCUT2D eigenvalue weighted by Crippen LogP contribution is -2.52. The normalized spacial score (nSPS) is 13.2. The summed E-state index contributed by atoms with van der Waals surface area (Å²) in [5, 5.41) is 16.2. The molecule has 186 valence electrons. The lowest BCUT2D eigenvalue weighted by atomic mass is 9.98. The largest absolute Gasteiger partial charge is 0.507 e. The first-order valence-corrected chi connectivity index (χ1v) is 11.6. The summed E-state index contributed by atoms with van der Waals surface area (Å²) in [7, 11) is 1.51. The predicted octanol–water partition coefficient (Wildman–Crippen LogP) is 4.06. The summed E-state index contributed by atoms with van der Waals surface area (Å²) in [5.41, 5.74) is 0.224. The Morgan fingerprint density at radius 3 is 2.36 bits per heavy atom. The maximum absolute atomic E-state index is 13.5. The topological polar surface area (TPSA) is 108 Å². The molecule has 0 heterocycles. The van der Waals surface area contributed by atoms with Crippen LogP contribution in [-0.2, 0) is 14.3 Å². The Kier molecular flexibility index (Phi) is 10.7. The molecule has 0 bridgehead atoms. The number of ether oxygens (including phenoxy) is 1. The van der Waals surface area contributed by atoms with Crippen molar-refractivity contribution in [2.75, 3.05) is 13.6 Å². The monoisotopic (exact) mass is 463 g/mol. The van der Waals surface area contributed by atoms with Gasteiger partial charge in [-0.2, -0.15) is 0 Å². The van der Waals surface area contributed by atoms with Gasteiger partial charge in [-0.1, -0.05) is 45.4 Å². The Balaban J connectivity index is 3.28. The Morgan fingerprint density at radius 2 is 1.82 bits per heavy atom. The third-order valence-electron chi connectivity index (χ3n) is 5.07. The van der Waals surface area contributed by atoms with Crippen LogP contribution in [0.1, 0.15) is 78.0 Å². The van der Waals surface area contributed by atoms with Gasteiger partial charge >= 0.3 is 6.09 Å². The van der Waals surface area contributed by atoms with Gasteiger partial charge in [0.1, 0.15) is 23.4 Å². The fraction of sp³-hybridized carbons (Fsp3) is 0.640. The molecule has 1 rings (SSSR count). The molecular formula is C25H41N3O5. The van der Waals surface area contributed by atoms with Crippen molar-refractivity contribution >= 4 is 17.9 Å². The number of rotatable bonds is 10. The second kappa shape index (κ2) is 12.5. The van der Waals surface area contributed by atoms with Crippen molar-refractivity contribution in [3.63, 3.8) is 0 Å². The molecule has 1 aromatic rings. The molecule has 0 aliphatic carbocycles. The molecule has 2 atom stereocenters. The van der Waals surface area contributed by atoms with Gasteiger partial charge in [0.2, 0.25) is 11.8 Å². The molecule has 3 amide bonds. The van der Waals surface area contributed by atoms with Crippen LogP contribution >= 0.6 is 0 Å². The van der Waals surface area contributed by atoms with Crippen molar-refractivity contribution in [2.45, 2.75) is 85.4 Å². The van der Waals surface area contributed by atoms with Crippen LogP contribution in [-0.4, -0.2) is 53.1 Å². The molecule has 8 heteroatoms. The van der Waals surface area contributed by atoms with E-state index in [9.17, 15) is 19.5 Å². The maximum atomic E-state index is 13.5. The number of nitrogens with zero attached hydrogens (tertiary/aromatic N) is 1. The average molecular weight is 464 g/mol. The molecule has 0 aromatic heterocycles. The molecule has 1 aromatic carbocycles. The summed E-state index contributed by atoms with van der Waals surface area (Å²) in [6.45, 7) is 13.3. The minimum atomic E-state index is -1.05. The van der Waals surface area contributed by atoms with E-state index >= 15 is 0 Å². The predicted molar refractivity (Wildman–Crippen MR) is 129 cm³/mol.